The van der Waals surface area contributed by atoms with Crippen LogP contribution in [0.25, 0.3) is 0 Å². The Bertz CT molecular complexity index is 492. The maximum atomic E-state index is 4.50. The molecule has 0 amide bonds. The van der Waals surface area contributed by atoms with Crippen LogP contribution in [0.2, 0.25) is 0 Å². The molecule has 5 heteroatoms. The molecule has 2 aromatic heterocycles. The summed E-state index contributed by atoms with van der Waals surface area (Å²) in [5.74, 6) is 0. The topological polar surface area (TPSA) is 50.7 Å². The van der Waals surface area contributed by atoms with Gasteiger partial charge in [-0.25, -0.2) is 0 Å². The van der Waals surface area contributed by atoms with Crippen LogP contribution in [0.1, 0.15) is 34.8 Å². The van der Waals surface area contributed by atoms with E-state index in [9.17, 15) is 0 Å². The molecule has 2 rings (SSSR count). The monoisotopic (exact) mass is 262 g/mol. The molecular weight excluding hydrogens is 244 g/mol. The lowest BCUT2D eigenvalue weighted by atomic mass is 10.1. The van der Waals surface area contributed by atoms with Crippen molar-refractivity contribution in [2.24, 2.45) is 0 Å². The lowest BCUT2D eigenvalue weighted by Crippen LogP contribution is -2.19. The number of nitrogens with one attached hydrogen (secondary N) is 1. The van der Waals surface area contributed by atoms with Gasteiger partial charge in [0.25, 0.3) is 0 Å². The molecule has 4 nitrogen and oxygen atoms in total. The molecule has 96 valence electrons. The lowest BCUT2D eigenvalue weighted by molar-refractivity contribution is 0.589. The minimum atomic E-state index is 0.241. The summed E-state index contributed by atoms with van der Waals surface area (Å²) in [4.78, 5) is 5.69. The molecule has 0 spiro atoms. The maximum absolute atomic E-state index is 4.50. The Kier molecular flexibility index (Phi) is 4.38. The molecule has 0 aromatic carbocycles. The molecule has 18 heavy (non-hydrogen) atoms. The third-order valence-electron chi connectivity index (χ3n) is 3.06. The summed E-state index contributed by atoms with van der Waals surface area (Å²) < 4.78 is 3.99. The van der Waals surface area contributed by atoms with E-state index in [0.29, 0.717) is 0 Å². The van der Waals surface area contributed by atoms with Crippen molar-refractivity contribution in [1.82, 2.24) is 19.9 Å². The molecule has 0 aliphatic heterocycles. The van der Waals surface area contributed by atoms with E-state index in [1.165, 1.54) is 22.0 Å². The van der Waals surface area contributed by atoms with Gasteiger partial charge < -0.3 is 5.32 Å². The van der Waals surface area contributed by atoms with Crippen LogP contribution in [-0.4, -0.2) is 21.6 Å². The average Bonchev–Trinajstić information content (AvgIpc) is 2.83. The number of likely N-dealkylation sites (N-methyl/N-ethyl adjacent to an activating group) is 1. The van der Waals surface area contributed by atoms with Gasteiger partial charge in [0.2, 0.25) is 0 Å². The van der Waals surface area contributed by atoms with Crippen molar-refractivity contribution in [2.75, 3.05) is 7.05 Å². The van der Waals surface area contributed by atoms with Gasteiger partial charge in [0.05, 0.1) is 16.6 Å². The van der Waals surface area contributed by atoms with Gasteiger partial charge >= 0.3 is 0 Å². The van der Waals surface area contributed by atoms with Gasteiger partial charge in [-0.2, -0.15) is 0 Å². The van der Waals surface area contributed by atoms with Crippen molar-refractivity contribution in [1.29, 1.82) is 0 Å². The second-order valence-corrected chi connectivity index (χ2v) is 5.07. The highest BCUT2D eigenvalue weighted by Crippen LogP contribution is 2.22. The summed E-state index contributed by atoms with van der Waals surface area (Å²) in [5.41, 5.74) is 3.37. The molecule has 0 saturated carbocycles. The summed E-state index contributed by atoms with van der Waals surface area (Å²) in [6.45, 7) is 4.14. The molecule has 2 aromatic rings. The first-order valence-corrected chi connectivity index (χ1v) is 6.91. The number of rotatable bonds is 5. The third kappa shape index (κ3) is 2.91. The molecule has 1 unspecified atom stereocenters. The molecular formula is C13H18N4S. The number of aryl methyl sites for hydroxylation is 2. The Labute approximate surface area is 112 Å². The van der Waals surface area contributed by atoms with Gasteiger partial charge in [-0.05, 0) is 43.6 Å². The largest absolute Gasteiger partial charge is 0.312 e. The van der Waals surface area contributed by atoms with Crippen LogP contribution < -0.4 is 5.32 Å². The zero-order chi connectivity index (χ0) is 13.0. The van der Waals surface area contributed by atoms with Crippen molar-refractivity contribution in [3.63, 3.8) is 0 Å². The standard InChI is InChI=1S/C13H18N4S/c1-4-10-5-6-11(15-8-10)7-12(14-3)13-9(2)16-17-18-13/h5-6,8,12,14H,4,7H2,1-3H3. The van der Waals surface area contributed by atoms with Gasteiger partial charge in [-0.15, -0.1) is 5.10 Å². The first-order chi connectivity index (χ1) is 8.74. The highest BCUT2D eigenvalue weighted by atomic mass is 32.1. The highest BCUT2D eigenvalue weighted by molar-refractivity contribution is 7.05. The van der Waals surface area contributed by atoms with E-state index in [1.54, 1.807) is 0 Å². The Morgan fingerprint density at radius 3 is 2.72 bits per heavy atom. The smallest absolute Gasteiger partial charge is 0.0772 e. The molecule has 0 aliphatic carbocycles. The highest BCUT2D eigenvalue weighted by Gasteiger charge is 2.16. The molecule has 0 radical (unpaired) electrons. The summed E-state index contributed by atoms with van der Waals surface area (Å²) in [6, 6.07) is 4.49. The van der Waals surface area contributed by atoms with Crippen molar-refractivity contribution in [3.8, 4) is 0 Å². The first kappa shape index (κ1) is 13.1. The molecule has 0 bridgehead atoms. The fourth-order valence-electron chi connectivity index (χ4n) is 1.88. The molecule has 2 heterocycles. The van der Waals surface area contributed by atoms with Crippen molar-refractivity contribution in [2.45, 2.75) is 32.7 Å². The molecule has 0 saturated heterocycles. The van der Waals surface area contributed by atoms with Crippen LogP contribution in [0.5, 0.6) is 0 Å². The van der Waals surface area contributed by atoms with E-state index in [4.69, 9.17) is 0 Å². The zero-order valence-corrected chi connectivity index (χ0v) is 11.8. The van der Waals surface area contributed by atoms with Crippen molar-refractivity contribution in [3.05, 3.63) is 40.2 Å². The summed E-state index contributed by atoms with van der Waals surface area (Å²) in [7, 11) is 1.96. The van der Waals surface area contributed by atoms with E-state index < -0.39 is 0 Å². The SMILES string of the molecule is CCc1ccc(CC(NC)c2snnc2C)nc1. The molecule has 1 N–H and O–H groups in total. The van der Waals surface area contributed by atoms with Crippen LogP contribution in [-0.2, 0) is 12.8 Å². The third-order valence-corrected chi connectivity index (χ3v) is 4.00. The molecule has 0 fully saturated rings. The Morgan fingerprint density at radius 1 is 1.39 bits per heavy atom. The van der Waals surface area contributed by atoms with Gasteiger partial charge in [-0.3, -0.25) is 4.98 Å². The quantitative estimate of drug-likeness (QED) is 0.898. The first-order valence-electron chi connectivity index (χ1n) is 6.14. The molecule has 0 aliphatic rings. The lowest BCUT2D eigenvalue weighted by Gasteiger charge is -2.14. The van der Waals surface area contributed by atoms with Gasteiger partial charge in [-0.1, -0.05) is 17.5 Å². The molecule has 1 atom stereocenters. The summed E-state index contributed by atoms with van der Waals surface area (Å²) in [6.07, 6.45) is 3.85. The predicted octanol–water partition coefficient (Wildman–Crippen LogP) is 2.31. The van der Waals surface area contributed by atoms with Crippen LogP contribution in [0.4, 0.5) is 0 Å². The number of nitrogens with zero attached hydrogens (tertiary/aromatic N) is 3. The number of hydrogen-bond acceptors (Lipinski definition) is 5. The summed E-state index contributed by atoms with van der Waals surface area (Å²) in [5, 5.41) is 7.38. The van der Waals surface area contributed by atoms with Gasteiger partial charge in [0.1, 0.15) is 0 Å². The Morgan fingerprint density at radius 2 is 2.22 bits per heavy atom. The normalized spacial score (nSPS) is 12.6. The van der Waals surface area contributed by atoms with Crippen LogP contribution >= 0.6 is 11.5 Å². The fraction of sp³-hybridized carbons (Fsp3) is 0.462. The maximum Gasteiger partial charge on any atom is 0.0772 e. The van der Waals surface area contributed by atoms with Crippen molar-refractivity contribution < 1.29 is 0 Å². The Balaban J connectivity index is 2.13. The van der Waals surface area contributed by atoms with Crippen molar-refractivity contribution >= 4 is 11.5 Å². The fourth-order valence-corrected chi connectivity index (χ4v) is 2.63. The predicted molar refractivity (Wildman–Crippen MR) is 73.8 cm³/mol. The van der Waals surface area contributed by atoms with Crippen LogP contribution in [0.3, 0.4) is 0 Å². The number of hydrogen-bond donors (Lipinski definition) is 1. The van der Waals surface area contributed by atoms with E-state index in [0.717, 1.165) is 24.2 Å². The van der Waals surface area contributed by atoms with Crippen LogP contribution in [0.15, 0.2) is 18.3 Å². The van der Waals surface area contributed by atoms with Gasteiger partial charge in [0.15, 0.2) is 0 Å². The van der Waals surface area contributed by atoms with E-state index in [-0.39, 0.29) is 6.04 Å². The van der Waals surface area contributed by atoms with Crippen LogP contribution in [0, 0.1) is 6.92 Å². The summed E-state index contributed by atoms with van der Waals surface area (Å²) >= 11 is 1.46. The minimum Gasteiger partial charge on any atom is -0.312 e. The van der Waals surface area contributed by atoms with E-state index >= 15 is 0 Å². The average molecular weight is 262 g/mol. The number of pyridine rings is 1. The van der Waals surface area contributed by atoms with E-state index in [2.05, 4.69) is 38.9 Å². The van der Waals surface area contributed by atoms with E-state index in [1.807, 2.05) is 20.2 Å². The zero-order valence-electron chi connectivity index (χ0n) is 11.0. The Hall–Kier alpha value is -1.33. The second-order valence-electron chi connectivity index (χ2n) is 4.28. The number of aromatic nitrogens is 3. The second kappa shape index (κ2) is 6.02. The minimum absolute atomic E-state index is 0.241. The van der Waals surface area contributed by atoms with Gasteiger partial charge in [0, 0.05) is 18.3 Å².